The summed E-state index contributed by atoms with van der Waals surface area (Å²) in [5.41, 5.74) is -0.843. The topological polar surface area (TPSA) is 70.7 Å². The third-order valence-electron chi connectivity index (χ3n) is 2.92. The van der Waals surface area contributed by atoms with Crippen molar-refractivity contribution in [1.82, 2.24) is 4.90 Å². The highest BCUT2D eigenvalue weighted by Gasteiger charge is 2.35. The van der Waals surface area contributed by atoms with Crippen LogP contribution in [0.5, 0.6) is 0 Å². The average Bonchev–Trinajstić information content (AvgIpc) is 2.86. The van der Waals surface area contributed by atoms with Gasteiger partial charge in [-0.25, -0.2) is 4.79 Å². The number of carbonyl (C=O) groups is 2. The number of rotatable bonds is 2. The fourth-order valence-corrected chi connectivity index (χ4v) is 1.83. The van der Waals surface area contributed by atoms with Gasteiger partial charge in [-0.2, -0.15) is 13.2 Å². The first-order valence-electron chi connectivity index (χ1n) is 5.66. The maximum Gasteiger partial charge on any atom is 0.412 e. The number of carbonyl (C=O) groups excluding carboxylic acids is 1. The van der Waals surface area contributed by atoms with Crippen LogP contribution >= 0.6 is 0 Å². The first kappa shape index (κ1) is 14.2. The number of hydrogen-bond acceptors (Lipinski definition) is 3. The number of carboxylic acid groups (broad SMARTS) is 1. The lowest BCUT2D eigenvalue weighted by molar-refractivity contribution is -0.0957. The van der Waals surface area contributed by atoms with E-state index in [-0.39, 0.29) is 30.8 Å². The summed E-state index contributed by atoms with van der Waals surface area (Å²) in [5.74, 6) is -2.08. The molecule has 1 aliphatic rings. The van der Waals surface area contributed by atoms with E-state index in [4.69, 9.17) is 9.52 Å². The van der Waals surface area contributed by atoms with Gasteiger partial charge in [0.1, 0.15) is 6.26 Å². The van der Waals surface area contributed by atoms with Crippen molar-refractivity contribution in [2.24, 2.45) is 0 Å². The molecule has 0 bridgehead atoms. The van der Waals surface area contributed by atoms with Crippen molar-refractivity contribution in [3.63, 3.8) is 0 Å². The third-order valence-corrected chi connectivity index (χ3v) is 2.92. The van der Waals surface area contributed by atoms with Gasteiger partial charge in [-0.3, -0.25) is 4.79 Å². The number of alkyl halides is 3. The normalized spacial score (nSPS) is 15.9. The van der Waals surface area contributed by atoms with Gasteiger partial charge in [0.05, 0.1) is 5.56 Å². The summed E-state index contributed by atoms with van der Waals surface area (Å²) >= 11 is 0. The van der Waals surface area contributed by atoms with Crippen molar-refractivity contribution in [2.45, 2.75) is 12.6 Å². The lowest BCUT2D eigenvalue weighted by atomic mass is 10.1. The fourth-order valence-electron chi connectivity index (χ4n) is 1.83. The molecule has 0 aromatic carbocycles. The van der Waals surface area contributed by atoms with Crippen molar-refractivity contribution < 1.29 is 32.3 Å². The summed E-state index contributed by atoms with van der Waals surface area (Å²) in [6, 6.07) is 1.05. The van der Waals surface area contributed by atoms with Crippen molar-refractivity contribution in [3.8, 4) is 0 Å². The second kappa shape index (κ2) is 5.03. The predicted molar refractivity (Wildman–Crippen MR) is 60.3 cm³/mol. The molecule has 0 saturated heterocycles. The van der Waals surface area contributed by atoms with Crippen LogP contribution in [0, 0.1) is 0 Å². The number of nitrogens with zero attached hydrogens (tertiary/aromatic N) is 1. The molecule has 0 aliphatic carbocycles. The second-order valence-electron chi connectivity index (χ2n) is 4.23. The van der Waals surface area contributed by atoms with Gasteiger partial charge in [-0.05, 0) is 6.42 Å². The zero-order valence-electron chi connectivity index (χ0n) is 10.1. The van der Waals surface area contributed by atoms with E-state index in [1.807, 2.05) is 0 Å². The lowest BCUT2D eigenvalue weighted by Crippen LogP contribution is -2.36. The molecule has 0 atom stereocenters. The standard InChI is InChI=1S/C12H10F3NO4/c13-12(14,15)8-1-3-16(4-2-8)10(17)9-5-7(6-20-9)11(18)19/h1,5-6H,2-4H2,(H,18,19). The van der Waals surface area contributed by atoms with Gasteiger partial charge in [0.2, 0.25) is 0 Å². The van der Waals surface area contributed by atoms with Gasteiger partial charge < -0.3 is 14.4 Å². The molecule has 108 valence electrons. The van der Waals surface area contributed by atoms with Gasteiger partial charge in [0.15, 0.2) is 5.76 Å². The van der Waals surface area contributed by atoms with Gasteiger partial charge in [0.25, 0.3) is 5.91 Å². The molecule has 0 spiro atoms. The van der Waals surface area contributed by atoms with Crippen LogP contribution in [0.2, 0.25) is 0 Å². The summed E-state index contributed by atoms with van der Waals surface area (Å²) in [7, 11) is 0. The maximum atomic E-state index is 12.4. The van der Waals surface area contributed by atoms with Gasteiger partial charge in [0, 0.05) is 24.7 Å². The molecular formula is C12H10F3NO4. The smallest absolute Gasteiger partial charge is 0.412 e. The zero-order valence-corrected chi connectivity index (χ0v) is 10.1. The SMILES string of the molecule is O=C(O)c1coc(C(=O)N2CC=C(C(F)(F)F)CC2)c1. The molecule has 1 aromatic heterocycles. The summed E-state index contributed by atoms with van der Waals surface area (Å²) in [6.07, 6.45) is -2.81. The first-order chi connectivity index (χ1) is 9.29. The van der Waals surface area contributed by atoms with Crippen LogP contribution in [0.4, 0.5) is 13.2 Å². The molecule has 1 N–H and O–H groups in total. The largest absolute Gasteiger partial charge is 0.478 e. The molecule has 8 heteroatoms. The number of hydrogen-bond donors (Lipinski definition) is 1. The predicted octanol–water partition coefficient (Wildman–Crippen LogP) is 2.31. The zero-order chi connectivity index (χ0) is 14.9. The molecule has 2 heterocycles. The average molecular weight is 289 g/mol. The minimum absolute atomic E-state index is 0.0900. The van der Waals surface area contributed by atoms with Crippen LogP contribution in [-0.2, 0) is 0 Å². The minimum Gasteiger partial charge on any atom is -0.478 e. The minimum atomic E-state index is -4.38. The van der Waals surface area contributed by atoms with Crippen LogP contribution in [0.15, 0.2) is 28.4 Å². The second-order valence-corrected chi connectivity index (χ2v) is 4.23. The Labute approximate surface area is 111 Å². The summed E-state index contributed by atoms with van der Waals surface area (Å²) < 4.78 is 42.1. The van der Waals surface area contributed by atoms with Gasteiger partial charge in [-0.15, -0.1) is 0 Å². The van der Waals surface area contributed by atoms with E-state index in [2.05, 4.69) is 0 Å². The molecule has 0 saturated carbocycles. The Morgan fingerprint density at radius 2 is 2.05 bits per heavy atom. The Hall–Kier alpha value is -2.25. The Morgan fingerprint density at radius 1 is 1.35 bits per heavy atom. The number of carboxylic acids is 1. The maximum absolute atomic E-state index is 12.4. The molecule has 0 fully saturated rings. The van der Waals surface area contributed by atoms with Crippen LogP contribution < -0.4 is 0 Å². The highest BCUT2D eigenvalue weighted by Crippen LogP contribution is 2.30. The molecule has 5 nitrogen and oxygen atoms in total. The van der Waals surface area contributed by atoms with E-state index in [1.54, 1.807) is 0 Å². The molecule has 20 heavy (non-hydrogen) atoms. The van der Waals surface area contributed by atoms with Crippen molar-refractivity contribution >= 4 is 11.9 Å². The number of amides is 1. The Morgan fingerprint density at radius 3 is 2.50 bits per heavy atom. The monoisotopic (exact) mass is 289 g/mol. The molecule has 0 unspecified atom stereocenters. The van der Waals surface area contributed by atoms with E-state index in [1.165, 1.54) is 4.90 Å². The number of aromatic carboxylic acids is 1. The summed E-state index contributed by atoms with van der Waals surface area (Å²) in [5, 5.41) is 8.70. The Balaban J connectivity index is 2.08. The van der Waals surface area contributed by atoms with E-state index < -0.39 is 23.6 Å². The van der Waals surface area contributed by atoms with E-state index in [9.17, 15) is 22.8 Å². The van der Waals surface area contributed by atoms with Crippen LogP contribution in [-0.4, -0.2) is 41.1 Å². The van der Waals surface area contributed by atoms with E-state index in [0.29, 0.717) is 0 Å². The Kier molecular flexibility index (Phi) is 3.56. The molecule has 1 aliphatic heterocycles. The quantitative estimate of drug-likeness (QED) is 0.848. The summed E-state index contributed by atoms with van der Waals surface area (Å²) in [6.45, 7) is -0.274. The number of furan rings is 1. The molecule has 2 rings (SSSR count). The molecule has 1 aromatic rings. The van der Waals surface area contributed by atoms with Gasteiger partial charge in [-0.1, -0.05) is 6.08 Å². The van der Waals surface area contributed by atoms with Gasteiger partial charge >= 0.3 is 12.1 Å². The van der Waals surface area contributed by atoms with Crippen molar-refractivity contribution in [3.05, 3.63) is 35.3 Å². The van der Waals surface area contributed by atoms with Crippen molar-refractivity contribution in [2.75, 3.05) is 13.1 Å². The van der Waals surface area contributed by atoms with Crippen molar-refractivity contribution in [1.29, 1.82) is 0 Å². The van der Waals surface area contributed by atoms with Crippen LogP contribution in [0.3, 0.4) is 0 Å². The first-order valence-corrected chi connectivity index (χ1v) is 5.66. The Bertz CT molecular complexity index is 574. The van der Waals surface area contributed by atoms with Crippen LogP contribution in [0.25, 0.3) is 0 Å². The fraction of sp³-hybridized carbons (Fsp3) is 0.333. The number of halogens is 3. The summed E-state index contributed by atoms with van der Waals surface area (Å²) in [4.78, 5) is 23.7. The van der Waals surface area contributed by atoms with E-state index >= 15 is 0 Å². The highest BCUT2D eigenvalue weighted by molar-refractivity contribution is 5.95. The molecule has 0 radical (unpaired) electrons. The molecule has 1 amide bonds. The molecular weight excluding hydrogens is 279 g/mol. The van der Waals surface area contributed by atoms with E-state index in [0.717, 1.165) is 18.4 Å². The highest BCUT2D eigenvalue weighted by atomic mass is 19.4. The van der Waals surface area contributed by atoms with Crippen LogP contribution in [0.1, 0.15) is 27.3 Å². The third kappa shape index (κ3) is 2.84. The lowest BCUT2D eigenvalue weighted by Gasteiger charge is -2.26.